The molecule has 0 atom stereocenters. The van der Waals surface area contributed by atoms with Gasteiger partial charge in [-0.1, -0.05) is 55.3 Å². The molecular formula is C20H26O3S. The normalized spacial score (nSPS) is 11.5. The first-order chi connectivity index (χ1) is 11.6. The lowest BCUT2D eigenvalue weighted by molar-refractivity contribution is 0.299. The van der Waals surface area contributed by atoms with E-state index in [-0.39, 0.29) is 12.4 Å². The number of aryl methyl sites for hydroxylation is 1. The zero-order chi connectivity index (χ0) is 17.3. The molecule has 1 N–H and O–H groups in total. The van der Waals surface area contributed by atoms with Crippen LogP contribution in [0.25, 0.3) is 0 Å². The highest BCUT2D eigenvalue weighted by Crippen LogP contribution is 2.14. The van der Waals surface area contributed by atoms with Crippen molar-refractivity contribution in [2.75, 3.05) is 12.4 Å². The van der Waals surface area contributed by atoms with Gasteiger partial charge in [0.2, 0.25) is 0 Å². The van der Waals surface area contributed by atoms with E-state index in [0.717, 1.165) is 31.2 Å². The lowest BCUT2D eigenvalue weighted by Gasteiger charge is -2.05. The average molecular weight is 346 g/mol. The summed E-state index contributed by atoms with van der Waals surface area (Å²) in [7, 11) is -3.13. The van der Waals surface area contributed by atoms with Gasteiger partial charge in [0.05, 0.1) is 10.6 Å². The van der Waals surface area contributed by atoms with E-state index in [4.69, 9.17) is 5.11 Å². The lowest BCUT2D eigenvalue weighted by Crippen LogP contribution is -2.06. The van der Waals surface area contributed by atoms with Crippen molar-refractivity contribution >= 4 is 9.84 Å². The number of benzene rings is 2. The largest absolute Gasteiger partial charge is 0.396 e. The molecule has 130 valence electrons. The van der Waals surface area contributed by atoms with Crippen molar-refractivity contribution in [2.24, 2.45) is 0 Å². The minimum absolute atomic E-state index is 0.186. The maximum absolute atomic E-state index is 12.2. The van der Waals surface area contributed by atoms with Crippen LogP contribution in [-0.4, -0.2) is 25.9 Å². The summed E-state index contributed by atoms with van der Waals surface area (Å²) in [6.07, 6.45) is 5.50. The van der Waals surface area contributed by atoms with Crippen LogP contribution in [0.3, 0.4) is 0 Å². The topological polar surface area (TPSA) is 54.4 Å². The number of unbranched alkanes of at least 4 members (excludes halogenated alkanes) is 3. The summed E-state index contributed by atoms with van der Waals surface area (Å²) in [6.45, 7) is 0.186. The van der Waals surface area contributed by atoms with Gasteiger partial charge in [0.1, 0.15) is 0 Å². The Morgan fingerprint density at radius 1 is 0.708 bits per heavy atom. The molecule has 24 heavy (non-hydrogen) atoms. The SMILES string of the molecule is O=S(=O)(CCCCCCc1ccc(CCO)cc1)c1ccccc1. The zero-order valence-electron chi connectivity index (χ0n) is 14.0. The van der Waals surface area contributed by atoms with Crippen molar-refractivity contribution in [1.82, 2.24) is 0 Å². The Morgan fingerprint density at radius 2 is 1.29 bits per heavy atom. The minimum Gasteiger partial charge on any atom is -0.396 e. The number of aliphatic hydroxyl groups excluding tert-OH is 1. The molecule has 0 amide bonds. The smallest absolute Gasteiger partial charge is 0.178 e. The highest BCUT2D eigenvalue weighted by molar-refractivity contribution is 7.91. The van der Waals surface area contributed by atoms with Crippen LogP contribution < -0.4 is 0 Å². The Morgan fingerprint density at radius 3 is 1.92 bits per heavy atom. The molecule has 3 nitrogen and oxygen atoms in total. The van der Waals surface area contributed by atoms with Gasteiger partial charge in [-0.3, -0.25) is 0 Å². The van der Waals surface area contributed by atoms with Gasteiger partial charge in [0, 0.05) is 6.61 Å². The summed E-state index contributed by atoms with van der Waals surface area (Å²) in [6, 6.07) is 17.0. The third kappa shape index (κ3) is 6.10. The van der Waals surface area contributed by atoms with Crippen molar-refractivity contribution in [2.45, 2.75) is 43.4 Å². The maximum Gasteiger partial charge on any atom is 0.178 e. The Bertz CT molecular complexity index is 691. The first-order valence-electron chi connectivity index (χ1n) is 8.58. The molecule has 2 rings (SSSR count). The summed E-state index contributed by atoms with van der Waals surface area (Å²) in [5, 5.41) is 8.90. The van der Waals surface area contributed by atoms with Crippen LogP contribution in [-0.2, 0) is 22.7 Å². The van der Waals surface area contributed by atoms with Crippen molar-refractivity contribution < 1.29 is 13.5 Å². The van der Waals surface area contributed by atoms with Gasteiger partial charge in [0.15, 0.2) is 9.84 Å². The molecule has 0 radical (unpaired) electrons. The highest BCUT2D eigenvalue weighted by atomic mass is 32.2. The van der Waals surface area contributed by atoms with E-state index < -0.39 is 9.84 Å². The molecule has 4 heteroatoms. The molecule has 0 bridgehead atoms. The highest BCUT2D eigenvalue weighted by Gasteiger charge is 2.12. The molecule has 0 aromatic heterocycles. The fourth-order valence-corrected chi connectivity index (χ4v) is 4.11. The van der Waals surface area contributed by atoms with Crippen molar-refractivity contribution in [3.63, 3.8) is 0 Å². The van der Waals surface area contributed by atoms with E-state index in [2.05, 4.69) is 24.3 Å². The Hall–Kier alpha value is -1.65. The number of aliphatic hydroxyl groups is 1. The van der Waals surface area contributed by atoms with Crippen LogP contribution >= 0.6 is 0 Å². The standard InChI is InChI=1S/C20H26O3S/c21-16-15-19-13-11-18(12-14-19)8-4-1-2-7-17-24(22,23)20-9-5-3-6-10-20/h3,5-6,9-14,21H,1-2,4,7-8,15-17H2. The Labute approximate surface area is 145 Å². The van der Waals surface area contributed by atoms with Crippen LogP contribution in [0.1, 0.15) is 36.8 Å². The molecule has 0 saturated carbocycles. The second kappa shape index (κ2) is 9.60. The Kier molecular flexibility index (Phi) is 7.47. The summed E-state index contributed by atoms with van der Waals surface area (Å²) in [5.41, 5.74) is 2.46. The van der Waals surface area contributed by atoms with E-state index in [1.807, 2.05) is 6.07 Å². The molecule has 0 saturated heterocycles. The average Bonchev–Trinajstić information content (AvgIpc) is 2.60. The third-order valence-corrected chi connectivity index (χ3v) is 5.97. The maximum atomic E-state index is 12.2. The molecule has 2 aromatic rings. The monoisotopic (exact) mass is 346 g/mol. The molecule has 0 heterocycles. The Balaban J connectivity index is 1.65. The van der Waals surface area contributed by atoms with E-state index >= 15 is 0 Å². The lowest BCUT2D eigenvalue weighted by atomic mass is 10.0. The van der Waals surface area contributed by atoms with E-state index in [0.29, 0.717) is 17.7 Å². The van der Waals surface area contributed by atoms with Crippen LogP contribution in [0.4, 0.5) is 0 Å². The van der Waals surface area contributed by atoms with Gasteiger partial charge in [-0.15, -0.1) is 0 Å². The van der Waals surface area contributed by atoms with Gasteiger partial charge >= 0.3 is 0 Å². The van der Waals surface area contributed by atoms with Crippen molar-refractivity contribution in [3.05, 3.63) is 65.7 Å². The first-order valence-corrected chi connectivity index (χ1v) is 10.2. The minimum atomic E-state index is -3.13. The summed E-state index contributed by atoms with van der Waals surface area (Å²) >= 11 is 0. The molecule has 0 fully saturated rings. The number of hydrogen-bond acceptors (Lipinski definition) is 3. The summed E-state index contributed by atoms with van der Waals surface area (Å²) in [4.78, 5) is 0.424. The summed E-state index contributed by atoms with van der Waals surface area (Å²) < 4.78 is 24.3. The van der Waals surface area contributed by atoms with Gasteiger partial charge in [0.25, 0.3) is 0 Å². The van der Waals surface area contributed by atoms with Crippen molar-refractivity contribution in [1.29, 1.82) is 0 Å². The van der Waals surface area contributed by atoms with Crippen molar-refractivity contribution in [3.8, 4) is 0 Å². The first kappa shape index (κ1) is 18.7. The second-order valence-electron chi connectivity index (χ2n) is 6.09. The zero-order valence-corrected chi connectivity index (χ0v) is 14.8. The predicted octanol–water partition coefficient (Wildman–Crippen LogP) is 3.80. The molecule has 0 aliphatic rings. The van der Waals surface area contributed by atoms with E-state index in [9.17, 15) is 8.42 Å². The van der Waals surface area contributed by atoms with Gasteiger partial charge in [-0.05, 0) is 48.9 Å². The molecule has 0 unspecified atom stereocenters. The fourth-order valence-electron chi connectivity index (χ4n) is 2.72. The quantitative estimate of drug-likeness (QED) is 0.666. The molecule has 0 aliphatic carbocycles. The molecule has 2 aromatic carbocycles. The predicted molar refractivity (Wildman–Crippen MR) is 97.9 cm³/mol. The van der Waals surface area contributed by atoms with Gasteiger partial charge in [-0.2, -0.15) is 0 Å². The van der Waals surface area contributed by atoms with E-state index in [1.54, 1.807) is 24.3 Å². The van der Waals surface area contributed by atoms with Gasteiger partial charge < -0.3 is 5.11 Å². The van der Waals surface area contributed by atoms with Crippen LogP contribution in [0.15, 0.2) is 59.5 Å². The van der Waals surface area contributed by atoms with Crippen LogP contribution in [0.2, 0.25) is 0 Å². The number of rotatable bonds is 10. The van der Waals surface area contributed by atoms with E-state index in [1.165, 1.54) is 5.56 Å². The molecule has 0 aliphatic heterocycles. The molecule has 0 spiro atoms. The second-order valence-corrected chi connectivity index (χ2v) is 8.20. The fraction of sp³-hybridized carbons (Fsp3) is 0.400. The van der Waals surface area contributed by atoms with Crippen LogP contribution in [0.5, 0.6) is 0 Å². The number of hydrogen-bond donors (Lipinski definition) is 1. The summed E-state index contributed by atoms with van der Waals surface area (Å²) in [5.74, 6) is 0.229. The third-order valence-electron chi connectivity index (χ3n) is 4.15. The number of sulfone groups is 1. The van der Waals surface area contributed by atoms with Gasteiger partial charge in [-0.25, -0.2) is 8.42 Å². The van der Waals surface area contributed by atoms with Crippen LogP contribution in [0, 0.1) is 0 Å². The molecular weight excluding hydrogens is 320 g/mol.